The standard InChI is InChI=1S/C14H18N4O2S/c1-4-20-12-11(6-5-7-15-12)18-14(19)17-10(3)13-16-9(2)8-21-13/h5-8,10H,4H2,1-3H3,(H2,17,18,19). The van der Waals surface area contributed by atoms with Crippen molar-refractivity contribution < 1.29 is 9.53 Å². The zero-order valence-electron chi connectivity index (χ0n) is 12.2. The molecule has 0 aliphatic heterocycles. The van der Waals surface area contributed by atoms with Gasteiger partial charge in [-0.15, -0.1) is 11.3 Å². The first kappa shape index (κ1) is 15.2. The Morgan fingerprint density at radius 1 is 1.52 bits per heavy atom. The number of aromatic nitrogens is 2. The summed E-state index contributed by atoms with van der Waals surface area (Å²) in [6, 6.07) is 3.02. The molecule has 1 atom stereocenters. The molecule has 0 bridgehead atoms. The first-order chi connectivity index (χ1) is 10.1. The van der Waals surface area contributed by atoms with Crippen LogP contribution in [0.2, 0.25) is 0 Å². The molecule has 0 aliphatic rings. The van der Waals surface area contributed by atoms with Gasteiger partial charge in [-0.2, -0.15) is 0 Å². The van der Waals surface area contributed by atoms with Crippen LogP contribution in [0.3, 0.4) is 0 Å². The number of nitrogens with one attached hydrogen (secondary N) is 2. The minimum Gasteiger partial charge on any atom is -0.476 e. The lowest BCUT2D eigenvalue weighted by Gasteiger charge is -2.14. The number of amides is 2. The van der Waals surface area contributed by atoms with E-state index in [1.54, 1.807) is 18.3 Å². The number of carbonyl (C=O) groups is 1. The highest BCUT2D eigenvalue weighted by atomic mass is 32.1. The van der Waals surface area contributed by atoms with E-state index in [9.17, 15) is 4.79 Å². The van der Waals surface area contributed by atoms with Gasteiger partial charge < -0.3 is 15.4 Å². The van der Waals surface area contributed by atoms with Gasteiger partial charge in [-0.1, -0.05) is 0 Å². The van der Waals surface area contributed by atoms with E-state index in [-0.39, 0.29) is 12.1 Å². The number of thiazole rings is 1. The summed E-state index contributed by atoms with van der Waals surface area (Å²) in [7, 11) is 0. The van der Waals surface area contributed by atoms with E-state index in [1.165, 1.54) is 11.3 Å². The van der Waals surface area contributed by atoms with E-state index in [2.05, 4.69) is 20.6 Å². The van der Waals surface area contributed by atoms with E-state index in [1.807, 2.05) is 26.2 Å². The summed E-state index contributed by atoms with van der Waals surface area (Å²) in [5, 5.41) is 8.42. The van der Waals surface area contributed by atoms with Crippen molar-refractivity contribution in [1.29, 1.82) is 0 Å². The van der Waals surface area contributed by atoms with E-state index >= 15 is 0 Å². The highest BCUT2D eigenvalue weighted by Gasteiger charge is 2.14. The van der Waals surface area contributed by atoms with Crippen LogP contribution < -0.4 is 15.4 Å². The first-order valence-corrected chi connectivity index (χ1v) is 7.55. The van der Waals surface area contributed by atoms with Gasteiger partial charge in [0.15, 0.2) is 0 Å². The molecule has 2 heterocycles. The Hall–Kier alpha value is -2.15. The summed E-state index contributed by atoms with van der Waals surface area (Å²) in [4.78, 5) is 20.5. The average molecular weight is 306 g/mol. The molecule has 112 valence electrons. The molecule has 2 rings (SSSR count). The van der Waals surface area contributed by atoms with Gasteiger partial charge in [0.25, 0.3) is 0 Å². The molecule has 0 radical (unpaired) electrons. The van der Waals surface area contributed by atoms with Crippen LogP contribution in [-0.4, -0.2) is 22.6 Å². The van der Waals surface area contributed by atoms with Crippen LogP contribution in [-0.2, 0) is 0 Å². The summed E-state index contributed by atoms with van der Waals surface area (Å²) in [5.74, 6) is 0.410. The average Bonchev–Trinajstić information content (AvgIpc) is 2.88. The van der Waals surface area contributed by atoms with Crippen LogP contribution in [0.4, 0.5) is 10.5 Å². The van der Waals surface area contributed by atoms with Gasteiger partial charge >= 0.3 is 6.03 Å². The third kappa shape index (κ3) is 4.16. The lowest BCUT2D eigenvalue weighted by molar-refractivity contribution is 0.249. The first-order valence-electron chi connectivity index (χ1n) is 6.67. The Kier molecular flexibility index (Phi) is 5.10. The SMILES string of the molecule is CCOc1ncccc1NC(=O)NC(C)c1nc(C)cs1. The number of urea groups is 1. The second-order valence-electron chi connectivity index (χ2n) is 4.44. The highest BCUT2D eigenvalue weighted by Crippen LogP contribution is 2.21. The normalized spacial score (nSPS) is 11.8. The molecular formula is C14H18N4O2S. The molecule has 2 amide bonds. The maximum atomic E-state index is 12.0. The van der Waals surface area contributed by atoms with E-state index in [0.717, 1.165) is 10.7 Å². The van der Waals surface area contributed by atoms with Crippen molar-refractivity contribution >= 4 is 23.1 Å². The van der Waals surface area contributed by atoms with Gasteiger partial charge in [0.05, 0.1) is 12.6 Å². The molecule has 7 heteroatoms. The number of hydrogen-bond acceptors (Lipinski definition) is 5. The molecular weight excluding hydrogens is 288 g/mol. The highest BCUT2D eigenvalue weighted by molar-refractivity contribution is 7.09. The molecule has 21 heavy (non-hydrogen) atoms. The number of carbonyl (C=O) groups excluding carboxylic acids is 1. The van der Waals surface area contributed by atoms with Crippen LogP contribution in [0.5, 0.6) is 5.88 Å². The minimum atomic E-state index is -0.315. The predicted molar refractivity (Wildman–Crippen MR) is 82.8 cm³/mol. The Bertz CT molecular complexity index is 615. The van der Waals surface area contributed by atoms with Crippen molar-refractivity contribution in [2.75, 3.05) is 11.9 Å². The fourth-order valence-corrected chi connectivity index (χ4v) is 2.53. The third-order valence-electron chi connectivity index (χ3n) is 2.66. The molecule has 0 fully saturated rings. The van der Waals surface area contributed by atoms with Crippen molar-refractivity contribution in [3.8, 4) is 5.88 Å². The smallest absolute Gasteiger partial charge is 0.319 e. The van der Waals surface area contributed by atoms with Crippen molar-refractivity contribution in [3.63, 3.8) is 0 Å². The number of hydrogen-bond donors (Lipinski definition) is 2. The predicted octanol–water partition coefficient (Wildman–Crippen LogP) is 3.13. The number of rotatable bonds is 5. The molecule has 0 aromatic carbocycles. The molecule has 0 saturated carbocycles. The fraction of sp³-hybridized carbons (Fsp3) is 0.357. The van der Waals surface area contributed by atoms with E-state index in [4.69, 9.17) is 4.74 Å². The summed E-state index contributed by atoms with van der Waals surface area (Å²) in [6.07, 6.45) is 1.62. The zero-order chi connectivity index (χ0) is 15.2. The molecule has 6 nitrogen and oxygen atoms in total. The minimum absolute atomic E-state index is 0.157. The topological polar surface area (TPSA) is 76.1 Å². The Morgan fingerprint density at radius 2 is 2.33 bits per heavy atom. The van der Waals surface area contributed by atoms with Crippen LogP contribution in [0.15, 0.2) is 23.7 Å². The zero-order valence-corrected chi connectivity index (χ0v) is 13.0. The molecule has 0 saturated heterocycles. The van der Waals surface area contributed by atoms with E-state index < -0.39 is 0 Å². The Morgan fingerprint density at radius 3 is 3.00 bits per heavy atom. The van der Waals surface area contributed by atoms with E-state index in [0.29, 0.717) is 18.2 Å². The molecule has 1 unspecified atom stereocenters. The van der Waals surface area contributed by atoms with Crippen molar-refractivity contribution in [1.82, 2.24) is 15.3 Å². The second kappa shape index (κ2) is 7.03. The number of pyridine rings is 1. The maximum Gasteiger partial charge on any atom is 0.319 e. The summed E-state index contributed by atoms with van der Waals surface area (Å²) in [5.41, 5.74) is 1.49. The Balaban J connectivity index is 1.98. The van der Waals surface area contributed by atoms with Crippen LogP contribution in [0, 0.1) is 6.92 Å². The summed E-state index contributed by atoms with van der Waals surface area (Å²) >= 11 is 1.53. The van der Waals surface area contributed by atoms with Gasteiger partial charge in [0, 0.05) is 17.3 Å². The van der Waals surface area contributed by atoms with Gasteiger partial charge in [-0.25, -0.2) is 14.8 Å². The quantitative estimate of drug-likeness (QED) is 0.890. The molecule has 2 aromatic rings. The van der Waals surface area contributed by atoms with Crippen molar-refractivity contribution in [3.05, 3.63) is 34.4 Å². The lowest BCUT2D eigenvalue weighted by Crippen LogP contribution is -2.31. The van der Waals surface area contributed by atoms with Gasteiger partial charge in [0.1, 0.15) is 10.7 Å². The maximum absolute atomic E-state index is 12.0. The van der Waals surface area contributed by atoms with Crippen LogP contribution in [0.1, 0.15) is 30.6 Å². The molecule has 2 N–H and O–H groups in total. The van der Waals surface area contributed by atoms with Crippen LogP contribution in [0.25, 0.3) is 0 Å². The monoisotopic (exact) mass is 306 g/mol. The van der Waals surface area contributed by atoms with Gasteiger partial charge in [-0.3, -0.25) is 0 Å². The number of aryl methyl sites for hydroxylation is 1. The number of ether oxygens (including phenoxy) is 1. The van der Waals surface area contributed by atoms with Crippen molar-refractivity contribution in [2.45, 2.75) is 26.8 Å². The molecule has 2 aromatic heterocycles. The van der Waals surface area contributed by atoms with Gasteiger partial charge in [-0.05, 0) is 32.9 Å². The number of anilines is 1. The van der Waals surface area contributed by atoms with Gasteiger partial charge in [0.2, 0.25) is 5.88 Å². The lowest BCUT2D eigenvalue weighted by atomic mass is 10.3. The fourth-order valence-electron chi connectivity index (χ4n) is 1.73. The number of nitrogens with zero attached hydrogens (tertiary/aromatic N) is 2. The third-order valence-corrected chi connectivity index (χ3v) is 3.80. The Labute approximate surface area is 127 Å². The largest absolute Gasteiger partial charge is 0.476 e. The summed E-state index contributed by atoms with van der Waals surface area (Å²) < 4.78 is 5.37. The summed E-state index contributed by atoms with van der Waals surface area (Å²) in [6.45, 7) is 6.18. The van der Waals surface area contributed by atoms with Crippen LogP contribution >= 0.6 is 11.3 Å². The molecule has 0 spiro atoms. The second-order valence-corrected chi connectivity index (χ2v) is 5.33. The molecule has 0 aliphatic carbocycles. The van der Waals surface area contributed by atoms with Crippen molar-refractivity contribution in [2.24, 2.45) is 0 Å².